The first-order chi connectivity index (χ1) is 5.70. The lowest BCUT2D eigenvalue weighted by atomic mass is 10.1. The number of ether oxygens (including phenoxy) is 1. The fourth-order valence-electron chi connectivity index (χ4n) is 1.62. The van der Waals surface area contributed by atoms with Gasteiger partial charge in [0.15, 0.2) is 0 Å². The summed E-state index contributed by atoms with van der Waals surface area (Å²) >= 11 is 0. The van der Waals surface area contributed by atoms with Gasteiger partial charge in [-0.25, -0.2) is 0 Å². The molecule has 0 spiro atoms. The molecule has 2 heteroatoms. The Labute approximate surface area is 75.5 Å². The third-order valence-electron chi connectivity index (χ3n) is 2.53. The van der Waals surface area contributed by atoms with Crippen LogP contribution in [0.5, 0.6) is 0 Å². The van der Waals surface area contributed by atoms with Crippen molar-refractivity contribution in [2.45, 2.75) is 51.7 Å². The fourth-order valence-corrected chi connectivity index (χ4v) is 1.62. The molecule has 2 atom stereocenters. The first kappa shape index (κ1) is 10.0. The number of hydrogen-bond donors (Lipinski definition) is 1. The van der Waals surface area contributed by atoms with Crippen molar-refractivity contribution in [3.8, 4) is 0 Å². The molecule has 0 amide bonds. The molecular weight excluding hydrogens is 150 g/mol. The predicted octanol–water partition coefficient (Wildman–Crippen LogP) is 1.93. The van der Waals surface area contributed by atoms with Crippen LogP contribution in [0.3, 0.4) is 0 Å². The summed E-state index contributed by atoms with van der Waals surface area (Å²) in [6.07, 6.45) is 5.06. The van der Waals surface area contributed by atoms with E-state index < -0.39 is 0 Å². The standard InChI is InChI=1S/C10H21NO/c1-8(2)6-7-12-10-5-3-4-9(10)11/h8-10H,3-7,11H2,1-2H3/t9-,10+/m0/s1. The molecule has 2 N–H and O–H groups in total. The van der Waals surface area contributed by atoms with Gasteiger partial charge in [0, 0.05) is 12.6 Å². The third kappa shape index (κ3) is 3.11. The van der Waals surface area contributed by atoms with Gasteiger partial charge in [0.25, 0.3) is 0 Å². The zero-order valence-corrected chi connectivity index (χ0v) is 8.25. The van der Waals surface area contributed by atoms with Gasteiger partial charge in [-0.2, -0.15) is 0 Å². The van der Waals surface area contributed by atoms with Gasteiger partial charge < -0.3 is 10.5 Å². The van der Waals surface area contributed by atoms with Crippen molar-refractivity contribution in [1.82, 2.24) is 0 Å². The van der Waals surface area contributed by atoms with E-state index in [-0.39, 0.29) is 0 Å². The highest BCUT2D eigenvalue weighted by atomic mass is 16.5. The lowest BCUT2D eigenvalue weighted by molar-refractivity contribution is 0.0417. The van der Waals surface area contributed by atoms with Gasteiger partial charge in [-0.15, -0.1) is 0 Å². The van der Waals surface area contributed by atoms with Gasteiger partial charge >= 0.3 is 0 Å². The van der Waals surface area contributed by atoms with Crippen molar-refractivity contribution in [2.24, 2.45) is 11.7 Å². The van der Waals surface area contributed by atoms with Crippen molar-refractivity contribution < 1.29 is 4.74 Å². The zero-order chi connectivity index (χ0) is 8.97. The molecule has 0 aromatic carbocycles. The van der Waals surface area contributed by atoms with Crippen molar-refractivity contribution in [1.29, 1.82) is 0 Å². The van der Waals surface area contributed by atoms with E-state index in [4.69, 9.17) is 10.5 Å². The van der Waals surface area contributed by atoms with E-state index in [0.29, 0.717) is 12.1 Å². The summed E-state index contributed by atoms with van der Waals surface area (Å²) in [7, 11) is 0. The molecule has 0 aromatic rings. The Kier molecular flexibility index (Phi) is 4.02. The quantitative estimate of drug-likeness (QED) is 0.701. The van der Waals surface area contributed by atoms with Crippen LogP contribution in [0.25, 0.3) is 0 Å². The van der Waals surface area contributed by atoms with E-state index >= 15 is 0 Å². The summed E-state index contributed by atoms with van der Waals surface area (Å²) in [6, 6.07) is 0.303. The smallest absolute Gasteiger partial charge is 0.0725 e. The summed E-state index contributed by atoms with van der Waals surface area (Å²) < 4.78 is 5.70. The molecule has 1 saturated carbocycles. The van der Waals surface area contributed by atoms with E-state index in [0.717, 1.165) is 25.4 Å². The van der Waals surface area contributed by atoms with Crippen LogP contribution >= 0.6 is 0 Å². The van der Waals surface area contributed by atoms with E-state index in [1.54, 1.807) is 0 Å². The molecule has 72 valence electrons. The first-order valence-electron chi connectivity index (χ1n) is 5.07. The van der Waals surface area contributed by atoms with Crippen LogP contribution in [0.2, 0.25) is 0 Å². The molecule has 2 nitrogen and oxygen atoms in total. The van der Waals surface area contributed by atoms with Crippen molar-refractivity contribution in [2.75, 3.05) is 6.61 Å². The molecular formula is C10H21NO. The summed E-state index contributed by atoms with van der Waals surface area (Å²) in [5, 5.41) is 0. The highest BCUT2D eigenvalue weighted by Gasteiger charge is 2.23. The molecule has 0 aromatic heterocycles. The van der Waals surface area contributed by atoms with Crippen LogP contribution < -0.4 is 5.73 Å². The monoisotopic (exact) mass is 171 g/mol. The SMILES string of the molecule is CC(C)CCO[C@@H]1CCC[C@@H]1N. The van der Waals surface area contributed by atoms with Gasteiger partial charge in [-0.05, 0) is 31.6 Å². The van der Waals surface area contributed by atoms with E-state index in [2.05, 4.69) is 13.8 Å². The first-order valence-corrected chi connectivity index (χ1v) is 5.07. The van der Waals surface area contributed by atoms with Crippen LogP contribution in [0.4, 0.5) is 0 Å². The average Bonchev–Trinajstić information content (AvgIpc) is 2.36. The van der Waals surface area contributed by atoms with Crippen molar-refractivity contribution >= 4 is 0 Å². The Morgan fingerprint density at radius 3 is 2.67 bits per heavy atom. The second-order valence-electron chi connectivity index (χ2n) is 4.19. The minimum atomic E-state index is 0.303. The maximum Gasteiger partial charge on any atom is 0.0725 e. The largest absolute Gasteiger partial charge is 0.377 e. The number of hydrogen-bond acceptors (Lipinski definition) is 2. The van der Waals surface area contributed by atoms with Crippen LogP contribution in [0.1, 0.15) is 39.5 Å². The van der Waals surface area contributed by atoms with Crippen LogP contribution in [0, 0.1) is 5.92 Å². The van der Waals surface area contributed by atoms with Gasteiger partial charge in [-0.1, -0.05) is 13.8 Å². The predicted molar refractivity (Wildman–Crippen MR) is 51.0 cm³/mol. The highest BCUT2D eigenvalue weighted by Crippen LogP contribution is 2.20. The third-order valence-corrected chi connectivity index (χ3v) is 2.53. The van der Waals surface area contributed by atoms with Crippen molar-refractivity contribution in [3.63, 3.8) is 0 Å². The van der Waals surface area contributed by atoms with E-state index in [9.17, 15) is 0 Å². The van der Waals surface area contributed by atoms with Gasteiger partial charge in [0.05, 0.1) is 6.10 Å². The Balaban J connectivity index is 2.06. The minimum absolute atomic E-state index is 0.303. The normalized spacial score (nSPS) is 30.0. The Bertz CT molecular complexity index is 125. The van der Waals surface area contributed by atoms with Gasteiger partial charge in [-0.3, -0.25) is 0 Å². The number of rotatable bonds is 4. The average molecular weight is 171 g/mol. The summed E-state index contributed by atoms with van der Waals surface area (Å²) in [6.45, 7) is 5.33. The molecule has 1 aliphatic rings. The molecule has 1 fully saturated rings. The van der Waals surface area contributed by atoms with Gasteiger partial charge in [0.1, 0.15) is 0 Å². The van der Waals surface area contributed by atoms with Crippen molar-refractivity contribution in [3.05, 3.63) is 0 Å². The van der Waals surface area contributed by atoms with Gasteiger partial charge in [0.2, 0.25) is 0 Å². The lowest BCUT2D eigenvalue weighted by Crippen LogP contribution is -2.31. The van der Waals surface area contributed by atoms with Crippen LogP contribution in [0.15, 0.2) is 0 Å². The molecule has 0 unspecified atom stereocenters. The second kappa shape index (κ2) is 4.83. The Morgan fingerprint density at radius 2 is 2.17 bits per heavy atom. The molecule has 0 saturated heterocycles. The lowest BCUT2D eigenvalue weighted by Gasteiger charge is -2.16. The summed E-state index contributed by atoms with van der Waals surface area (Å²) in [4.78, 5) is 0. The molecule has 1 aliphatic carbocycles. The topological polar surface area (TPSA) is 35.2 Å². The minimum Gasteiger partial charge on any atom is -0.377 e. The maximum atomic E-state index is 5.87. The maximum absolute atomic E-state index is 5.87. The van der Waals surface area contributed by atoms with E-state index in [1.165, 1.54) is 12.8 Å². The molecule has 1 rings (SSSR count). The fraction of sp³-hybridized carbons (Fsp3) is 1.00. The second-order valence-corrected chi connectivity index (χ2v) is 4.19. The van der Waals surface area contributed by atoms with Crippen LogP contribution in [-0.4, -0.2) is 18.8 Å². The van der Waals surface area contributed by atoms with E-state index in [1.807, 2.05) is 0 Å². The molecule has 0 radical (unpaired) electrons. The van der Waals surface area contributed by atoms with Crippen LogP contribution in [-0.2, 0) is 4.74 Å². The molecule has 0 heterocycles. The Morgan fingerprint density at radius 1 is 1.42 bits per heavy atom. The summed E-state index contributed by atoms with van der Waals surface area (Å²) in [5.74, 6) is 0.739. The molecule has 0 aliphatic heterocycles. The highest BCUT2D eigenvalue weighted by molar-refractivity contribution is 4.80. The number of nitrogens with two attached hydrogens (primary N) is 1. The Hall–Kier alpha value is -0.0800. The molecule has 0 bridgehead atoms. The summed E-state index contributed by atoms with van der Waals surface area (Å²) in [5.41, 5.74) is 5.87. The molecule has 12 heavy (non-hydrogen) atoms. The zero-order valence-electron chi connectivity index (χ0n) is 8.25.